The van der Waals surface area contributed by atoms with Gasteiger partial charge in [-0.15, -0.1) is 0 Å². The van der Waals surface area contributed by atoms with Crippen LogP contribution in [-0.2, 0) is 12.8 Å². The van der Waals surface area contributed by atoms with Crippen molar-refractivity contribution in [3.63, 3.8) is 0 Å². The lowest BCUT2D eigenvalue weighted by Gasteiger charge is -2.34. The molecule has 0 amide bonds. The number of fused-ring (bicyclic) bond motifs is 4. The zero-order chi connectivity index (χ0) is 24.8. The zero-order valence-electron chi connectivity index (χ0n) is 19.7. The van der Waals surface area contributed by atoms with Crippen LogP contribution in [0.3, 0.4) is 0 Å². The third-order valence-electron chi connectivity index (χ3n) is 7.24. The van der Waals surface area contributed by atoms with Crippen LogP contribution in [0.15, 0.2) is 90.5 Å². The minimum Gasteiger partial charge on any atom is -0.343 e. The summed E-state index contributed by atoms with van der Waals surface area (Å²) in [5.41, 5.74) is 9.52. The minimum atomic E-state index is 0.0377. The Hall–Kier alpha value is -4.93. The molecule has 0 N–H and O–H groups in total. The largest absolute Gasteiger partial charge is 0.343 e. The molecule has 0 aromatic heterocycles. The van der Waals surface area contributed by atoms with Crippen LogP contribution in [0.1, 0.15) is 38.2 Å². The van der Waals surface area contributed by atoms with Crippen molar-refractivity contribution in [2.24, 2.45) is 0 Å². The van der Waals surface area contributed by atoms with Crippen LogP contribution in [0.5, 0.6) is 0 Å². The molecule has 0 saturated carbocycles. The van der Waals surface area contributed by atoms with E-state index in [4.69, 9.17) is 0 Å². The van der Waals surface area contributed by atoms with Gasteiger partial charge in [-0.25, -0.2) is 0 Å². The minimum absolute atomic E-state index is 0.0377. The van der Waals surface area contributed by atoms with Gasteiger partial charge in [-0.05, 0) is 35.6 Å². The first-order valence-corrected chi connectivity index (χ1v) is 11.9. The maximum atomic E-state index is 13.9. The molecule has 4 aromatic rings. The van der Waals surface area contributed by atoms with Gasteiger partial charge >= 0.3 is 0 Å². The summed E-state index contributed by atoms with van der Waals surface area (Å²) in [6.07, 6.45) is 1.61. The number of hydrogen-bond acceptors (Lipinski definition) is 4. The number of carbonyl (C=O) groups excluding carboxylic acids is 1. The molecule has 4 aromatic carbocycles. The first-order valence-electron chi connectivity index (χ1n) is 11.9. The smallest absolute Gasteiger partial charge is 0.194 e. The molecule has 4 nitrogen and oxygen atoms in total. The highest BCUT2D eigenvalue weighted by Gasteiger charge is 2.31. The predicted molar refractivity (Wildman–Crippen MR) is 141 cm³/mol. The first-order chi connectivity index (χ1) is 17.6. The number of benzene rings is 4. The fourth-order valence-electron chi connectivity index (χ4n) is 5.64. The molecule has 6 rings (SSSR count). The van der Waals surface area contributed by atoms with E-state index < -0.39 is 0 Å². The quantitative estimate of drug-likeness (QED) is 0.298. The molecule has 1 aliphatic heterocycles. The Labute approximate surface area is 210 Å². The summed E-state index contributed by atoms with van der Waals surface area (Å²) < 4.78 is 0. The Morgan fingerprint density at radius 3 is 2.08 bits per heavy atom. The second-order valence-electron chi connectivity index (χ2n) is 9.08. The van der Waals surface area contributed by atoms with Crippen LogP contribution in [0.25, 0.3) is 16.7 Å². The number of carbonyl (C=O) groups is 1. The van der Waals surface area contributed by atoms with E-state index in [0.29, 0.717) is 5.57 Å². The molecule has 0 spiro atoms. The number of nitriles is 2. The Morgan fingerprint density at radius 2 is 1.28 bits per heavy atom. The standard InChI is InChI=1S/C32H21N3O/c1-35-28-15-5-4-11-26(28)29(22(18-33)19-34)27-14-7-13-25(31(27)35)24-12-6-9-21-17-16-20-8-2-3-10-23(20)32(36)30(21)24/h2-15H,16-17H2,1H3. The van der Waals surface area contributed by atoms with Crippen LogP contribution >= 0.6 is 0 Å². The summed E-state index contributed by atoms with van der Waals surface area (Å²) in [6, 6.07) is 31.9. The lowest BCUT2D eigenvalue weighted by Crippen LogP contribution is -2.20. The van der Waals surface area contributed by atoms with Gasteiger partial charge in [0.1, 0.15) is 17.7 Å². The maximum Gasteiger partial charge on any atom is 0.194 e. The number of allylic oxidation sites excluding steroid dienone is 1. The fraction of sp³-hybridized carbons (Fsp3) is 0.0938. The molecule has 36 heavy (non-hydrogen) atoms. The van der Waals surface area contributed by atoms with Crippen LogP contribution in [-0.4, -0.2) is 12.8 Å². The van der Waals surface area contributed by atoms with E-state index in [-0.39, 0.29) is 11.4 Å². The van der Waals surface area contributed by atoms with Crippen LogP contribution in [0, 0.1) is 22.7 Å². The van der Waals surface area contributed by atoms with Gasteiger partial charge in [-0.3, -0.25) is 4.79 Å². The molecule has 2 aliphatic rings. The highest BCUT2D eigenvalue weighted by molar-refractivity contribution is 6.16. The van der Waals surface area contributed by atoms with Gasteiger partial charge in [-0.2, -0.15) is 10.5 Å². The highest BCUT2D eigenvalue weighted by atomic mass is 16.1. The van der Waals surface area contributed by atoms with E-state index in [9.17, 15) is 15.3 Å². The zero-order valence-corrected chi connectivity index (χ0v) is 19.7. The van der Waals surface area contributed by atoms with Gasteiger partial charge in [-0.1, -0.05) is 78.9 Å². The maximum absolute atomic E-state index is 13.9. The van der Waals surface area contributed by atoms with Crippen molar-refractivity contribution in [2.75, 3.05) is 11.9 Å². The van der Waals surface area contributed by atoms with Crippen molar-refractivity contribution in [3.05, 3.63) is 124 Å². The Morgan fingerprint density at radius 1 is 0.694 bits per heavy atom. The lowest BCUT2D eigenvalue weighted by atomic mass is 9.83. The van der Waals surface area contributed by atoms with E-state index in [1.165, 1.54) is 0 Å². The van der Waals surface area contributed by atoms with Crippen LogP contribution < -0.4 is 4.90 Å². The molecule has 4 heteroatoms. The molecule has 0 unspecified atom stereocenters. The Balaban J connectivity index is 1.66. The molecule has 0 saturated heterocycles. The van der Waals surface area contributed by atoms with E-state index in [0.717, 1.165) is 68.7 Å². The molecule has 0 atom stereocenters. The Kier molecular flexibility index (Phi) is 5.03. The fourth-order valence-corrected chi connectivity index (χ4v) is 5.64. The summed E-state index contributed by atoms with van der Waals surface area (Å²) in [6.45, 7) is 0. The summed E-state index contributed by atoms with van der Waals surface area (Å²) in [5, 5.41) is 19.6. The van der Waals surface area contributed by atoms with Crippen molar-refractivity contribution in [1.82, 2.24) is 0 Å². The topological polar surface area (TPSA) is 67.9 Å². The van der Waals surface area contributed by atoms with E-state index in [1.807, 2.05) is 92.0 Å². The second kappa shape index (κ2) is 8.38. The molecular formula is C32H21N3O. The third-order valence-corrected chi connectivity index (χ3v) is 7.24. The average Bonchev–Trinajstić information content (AvgIpc) is 3.07. The molecular weight excluding hydrogens is 442 g/mol. The number of hydrogen-bond donors (Lipinski definition) is 0. The second-order valence-corrected chi connectivity index (χ2v) is 9.08. The van der Waals surface area contributed by atoms with Gasteiger partial charge in [0.25, 0.3) is 0 Å². The van der Waals surface area contributed by atoms with Gasteiger partial charge in [0, 0.05) is 46.1 Å². The molecule has 1 heterocycles. The lowest BCUT2D eigenvalue weighted by molar-refractivity contribution is 0.103. The van der Waals surface area contributed by atoms with E-state index in [2.05, 4.69) is 17.0 Å². The first kappa shape index (κ1) is 21.6. The van der Waals surface area contributed by atoms with Crippen LogP contribution in [0.4, 0.5) is 11.4 Å². The average molecular weight is 464 g/mol. The molecule has 170 valence electrons. The summed E-state index contributed by atoms with van der Waals surface area (Å²) in [4.78, 5) is 16.0. The monoisotopic (exact) mass is 463 g/mol. The molecule has 0 bridgehead atoms. The number of nitrogens with zero attached hydrogens (tertiary/aromatic N) is 3. The summed E-state index contributed by atoms with van der Waals surface area (Å²) in [5.74, 6) is 0.0377. The number of para-hydroxylation sites is 2. The number of aryl methyl sites for hydroxylation is 2. The van der Waals surface area contributed by atoms with Crippen molar-refractivity contribution in [3.8, 4) is 23.3 Å². The normalized spacial score (nSPS) is 13.4. The van der Waals surface area contributed by atoms with Crippen molar-refractivity contribution in [2.45, 2.75) is 12.8 Å². The number of ketones is 1. The number of anilines is 2. The Bertz CT molecular complexity index is 1680. The summed E-state index contributed by atoms with van der Waals surface area (Å²) >= 11 is 0. The number of rotatable bonds is 1. The van der Waals surface area contributed by atoms with Gasteiger partial charge < -0.3 is 4.90 Å². The SMILES string of the molecule is CN1c2ccccc2C(=C(C#N)C#N)c2cccc(-c3cccc4c3C(=O)c3ccccc3CC4)c21. The molecule has 1 aliphatic carbocycles. The molecule has 0 fully saturated rings. The van der Waals surface area contributed by atoms with Gasteiger partial charge in [0.05, 0.1) is 5.69 Å². The van der Waals surface area contributed by atoms with E-state index in [1.54, 1.807) is 0 Å². The van der Waals surface area contributed by atoms with Gasteiger partial charge in [0.15, 0.2) is 5.78 Å². The van der Waals surface area contributed by atoms with Crippen molar-refractivity contribution in [1.29, 1.82) is 10.5 Å². The summed E-state index contributed by atoms with van der Waals surface area (Å²) in [7, 11) is 2.00. The van der Waals surface area contributed by atoms with E-state index >= 15 is 0 Å². The molecule has 0 radical (unpaired) electrons. The van der Waals surface area contributed by atoms with Crippen molar-refractivity contribution < 1.29 is 4.79 Å². The highest BCUT2D eigenvalue weighted by Crippen LogP contribution is 2.50. The van der Waals surface area contributed by atoms with Crippen LogP contribution in [0.2, 0.25) is 0 Å². The third kappa shape index (κ3) is 3.09. The van der Waals surface area contributed by atoms with Gasteiger partial charge in [0.2, 0.25) is 0 Å². The predicted octanol–water partition coefficient (Wildman–Crippen LogP) is 6.61. The van der Waals surface area contributed by atoms with Crippen molar-refractivity contribution >= 4 is 22.7 Å².